The minimum atomic E-state index is -0.382. The number of fused-ring (bicyclic) bond motifs is 1. The van der Waals surface area contributed by atoms with Gasteiger partial charge in [0.05, 0.1) is 12.9 Å². The maximum Gasteiger partial charge on any atom is 0.330 e. The number of carbonyl (C=O) groups is 1. The molecule has 0 amide bonds. The second-order valence-electron chi connectivity index (χ2n) is 3.12. The molecule has 0 N–H and O–H groups in total. The second kappa shape index (κ2) is 4.61. The summed E-state index contributed by atoms with van der Waals surface area (Å²) in [4.78, 5) is 15.2. The highest BCUT2D eigenvalue weighted by Crippen LogP contribution is 2.18. The van der Waals surface area contributed by atoms with Crippen LogP contribution in [-0.4, -0.2) is 17.6 Å². The van der Waals surface area contributed by atoms with Crippen LogP contribution in [0.4, 0.5) is 0 Å². The Morgan fingerprint density at radius 3 is 3.25 bits per heavy atom. The molecule has 2 rings (SSSR count). The van der Waals surface area contributed by atoms with Crippen LogP contribution in [-0.2, 0) is 9.53 Å². The fourth-order valence-electron chi connectivity index (χ4n) is 1.37. The highest BCUT2D eigenvalue weighted by molar-refractivity contribution is 5.91. The highest BCUT2D eigenvalue weighted by Gasteiger charge is 2.02. The first-order valence-electron chi connectivity index (χ1n) is 4.98. The minimum absolute atomic E-state index is 0.363. The van der Waals surface area contributed by atoms with E-state index in [0.717, 1.165) is 5.39 Å². The van der Waals surface area contributed by atoms with Crippen molar-refractivity contribution in [3.8, 4) is 0 Å². The lowest BCUT2D eigenvalue weighted by molar-refractivity contribution is -0.137. The lowest BCUT2D eigenvalue weighted by Gasteiger charge is -1.95. The summed E-state index contributed by atoms with van der Waals surface area (Å²) in [7, 11) is 0. The number of furan rings is 1. The summed E-state index contributed by atoms with van der Waals surface area (Å²) in [5.41, 5.74) is 1.29. The molecule has 0 unspecified atom stereocenters. The zero-order valence-electron chi connectivity index (χ0n) is 8.84. The van der Waals surface area contributed by atoms with E-state index in [1.807, 2.05) is 12.1 Å². The lowest BCUT2D eigenvalue weighted by atomic mass is 10.2. The van der Waals surface area contributed by atoms with Crippen molar-refractivity contribution >= 4 is 23.0 Å². The third kappa shape index (κ3) is 2.11. The number of pyridine rings is 1. The molecule has 0 atom stereocenters. The number of hydrogen-bond acceptors (Lipinski definition) is 4. The summed E-state index contributed by atoms with van der Waals surface area (Å²) in [5.74, 6) is -0.382. The third-order valence-corrected chi connectivity index (χ3v) is 2.06. The van der Waals surface area contributed by atoms with Crippen molar-refractivity contribution in [3.05, 3.63) is 36.4 Å². The predicted molar refractivity (Wildman–Crippen MR) is 59.7 cm³/mol. The molecule has 0 aliphatic rings. The molecule has 2 aromatic rings. The predicted octanol–water partition coefficient (Wildman–Crippen LogP) is 2.40. The van der Waals surface area contributed by atoms with Gasteiger partial charge in [0.1, 0.15) is 5.69 Å². The molecule has 0 saturated carbocycles. The topological polar surface area (TPSA) is 52.3 Å². The first-order valence-corrected chi connectivity index (χ1v) is 4.98. The molecule has 0 bridgehead atoms. The number of carbonyl (C=O) groups excluding carboxylic acids is 1. The Morgan fingerprint density at radius 1 is 1.56 bits per heavy atom. The first kappa shape index (κ1) is 10.4. The van der Waals surface area contributed by atoms with E-state index in [-0.39, 0.29) is 5.97 Å². The molecular weight excluding hydrogens is 206 g/mol. The normalized spacial score (nSPS) is 11.1. The molecular formula is C12H11NO3. The van der Waals surface area contributed by atoms with E-state index < -0.39 is 0 Å². The highest BCUT2D eigenvalue weighted by atomic mass is 16.5. The number of hydrogen-bond donors (Lipinski definition) is 0. The van der Waals surface area contributed by atoms with Gasteiger partial charge in [-0.3, -0.25) is 4.98 Å². The molecule has 0 fully saturated rings. The molecule has 0 spiro atoms. The molecule has 2 aromatic heterocycles. The summed E-state index contributed by atoms with van der Waals surface area (Å²) < 4.78 is 10.0. The van der Waals surface area contributed by atoms with Gasteiger partial charge in [-0.2, -0.15) is 0 Å². The fourth-order valence-corrected chi connectivity index (χ4v) is 1.37. The van der Waals surface area contributed by atoms with Gasteiger partial charge in [0.25, 0.3) is 0 Å². The smallest absolute Gasteiger partial charge is 0.330 e. The standard InChI is InChI=1S/C12H11NO3/c1-2-15-11(14)4-3-10-12-9(5-7-13-10)6-8-16-12/h3-8H,2H2,1H3/b4-3+. The van der Waals surface area contributed by atoms with Crippen LogP contribution in [0.3, 0.4) is 0 Å². The van der Waals surface area contributed by atoms with Gasteiger partial charge >= 0.3 is 5.97 Å². The summed E-state index contributed by atoms with van der Waals surface area (Å²) in [6, 6.07) is 3.69. The number of aromatic nitrogens is 1. The van der Waals surface area contributed by atoms with Crippen LogP contribution in [0.15, 0.2) is 35.1 Å². The fraction of sp³-hybridized carbons (Fsp3) is 0.167. The molecule has 4 heteroatoms. The third-order valence-electron chi connectivity index (χ3n) is 2.06. The Balaban J connectivity index is 2.27. The van der Waals surface area contributed by atoms with Crippen molar-refractivity contribution in [1.82, 2.24) is 4.98 Å². The van der Waals surface area contributed by atoms with E-state index in [1.54, 1.807) is 25.5 Å². The molecule has 0 aliphatic heterocycles. The van der Waals surface area contributed by atoms with Gasteiger partial charge in [0.2, 0.25) is 0 Å². The Bertz CT molecular complexity index is 528. The Hall–Kier alpha value is -2.10. The maximum atomic E-state index is 11.1. The van der Waals surface area contributed by atoms with E-state index in [9.17, 15) is 4.79 Å². The molecule has 16 heavy (non-hydrogen) atoms. The zero-order chi connectivity index (χ0) is 11.4. The number of nitrogens with zero attached hydrogens (tertiary/aromatic N) is 1. The van der Waals surface area contributed by atoms with Crippen molar-refractivity contribution in [3.63, 3.8) is 0 Å². The van der Waals surface area contributed by atoms with E-state index in [1.165, 1.54) is 6.08 Å². The molecule has 2 heterocycles. The van der Waals surface area contributed by atoms with Gasteiger partial charge in [0, 0.05) is 17.7 Å². The van der Waals surface area contributed by atoms with Crippen LogP contribution in [0.5, 0.6) is 0 Å². The van der Waals surface area contributed by atoms with Crippen LogP contribution >= 0.6 is 0 Å². The van der Waals surface area contributed by atoms with E-state index in [0.29, 0.717) is 17.9 Å². The van der Waals surface area contributed by atoms with Crippen LogP contribution in [0.2, 0.25) is 0 Å². The summed E-state index contributed by atoms with van der Waals surface area (Å²) >= 11 is 0. The van der Waals surface area contributed by atoms with Gasteiger partial charge < -0.3 is 9.15 Å². The van der Waals surface area contributed by atoms with Crippen molar-refractivity contribution in [2.24, 2.45) is 0 Å². The van der Waals surface area contributed by atoms with Gasteiger partial charge in [-0.1, -0.05) is 0 Å². The SMILES string of the molecule is CCOC(=O)/C=C/c1nccc2ccoc12. The second-order valence-corrected chi connectivity index (χ2v) is 3.12. The Morgan fingerprint density at radius 2 is 2.44 bits per heavy atom. The summed E-state index contributed by atoms with van der Waals surface area (Å²) in [5, 5.41) is 0.957. The molecule has 0 aromatic carbocycles. The summed E-state index contributed by atoms with van der Waals surface area (Å²) in [6.45, 7) is 2.12. The number of esters is 1. The molecule has 4 nitrogen and oxygen atoms in total. The van der Waals surface area contributed by atoms with Crippen LogP contribution < -0.4 is 0 Å². The van der Waals surface area contributed by atoms with Gasteiger partial charge in [-0.05, 0) is 25.1 Å². The minimum Gasteiger partial charge on any atom is -0.463 e. The van der Waals surface area contributed by atoms with Gasteiger partial charge in [0.15, 0.2) is 5.58 Å². The molecule has 82 valence electrons. The monoisotopic (exact) mass is 217 g/mol. The number of ether oxygens (including phenoxy) is 1. The lowest BCUT2D eigenvalue weighted by Crippen LogP contribution is -1.98. The van der Waals surface area contributed by atoms with Crippen molar-refractivity contribution in [2.45, 2.75) is 6.92 Å². The van der Waals surface area contributed by atoms with Crippen LogP contribution in [0, 0.1) is 0 Å². The largest absolute Gasteiger partial charge is 0.463 e. The maximum absolute atomic E-state index is 11.1. The average molecular weight is 217 g/mol. The number of rotatable bonds is 3. The van der Waals surface area contributed by atoms with Crippen molar-refractivity contribution in [2.75, 3.05) is 6.61 Å². The summed E-state index contributed by atoms with van der Waals surface area (Å²) in [6.07, 6.45) is 6.19. The molecule has 0 radical (unpaired) electrons. The molecule has 0 aliphatic carbocycles. The van der Waals surface area contributed by atoms with Crippen LogP contribution in [0.1, 0.15) is 12.6 Å². The van der Waals surface area contributed by atoms with E-state index in [2.05, 4.69) is 4.98 Å². The quantitative estimate of drug-likeness (QED) is 0.585. The van der Waals surface area contributed by atoms with Crippen LogP contribution in [0.25, 0.3) is 17.0 Å². The Kier molecular flexibility index (Phi) is 3.00. The van der Waals surface area contributed by atoms with E-state index in [4.69, 9.17) is 9.15 Å². The first-order chi connectivity index (χ1) is 7.81. The Labute approximate surface area is 92.5 Å². The van der Waals surface area contributed by atoms with Crippen molar-refractivity contribution < 1.29 is 13.9 Å². The van der Waals surface area contributed by atoms with Gasteiger partial charge in [-0.25, -0.2) is 4.79 Å². The zero-order valence-corrected chi connectivity index (χ0v) is 8.84. The van der Waals surface area contributed by atoms with Gasteiger partial charge in [-0.15, -0.1) is 0 Å². The van der Waals surface area contributed by atoms with E-state index >= 15 is 0 Å². The molecule has 0 saturated heterocycles. The average Bonchev–Trinajstić information content (AvgIpc) is 2.75. The van der Waals surface area contributed by atoms with Crippen molar-refractivity contribution in [1.29, 1.82) is 0 Å².